The SMILES string of the molecule is CC(C)C[C@H](C(=O)N[C@@H](CC(C)(C)C)C(=O)O)N(Cc1ccccc1)C(=O)OC(C)(C)C. The minimum atomic E-state index is -1.09. The molecule has 0 heterocycles. The number of carbonyl (C=O) groups is 3. The molecule has 0 aliphatic carbocycles. The molecule has 0 spiro atoms. The topological polar surface area (TPSA) is 95.9 Å². The van der Waals surface area contributed by atoms with Crippen LogP contribution in [-0.2, 0) is 20.9 Å². The van der Waals surface area contributed by atoms with Crippen LogP contribution in [0.4, 0.5) is 4.79 Å². The molecule has 0 bridgehead atoms. The second-order valence-electron chi connectivity index (χ2n) is 10.9. The molecule has 32 heavy (non-hydrogen) atoms. The number of ether oxygens (including phenoxy) is 1. The van der Waals surface area contributed by atoms with Gasteiger partial charge in [-0.25, -0.2) is 9.59 Å². The Balaban J connectivity index is 3.29. The predicted molar refractivity (Wildman–Crippen MR) is 125 cm³/mol. The van der Waals surface area contributed by atoms with Gasteiger partial charge in [-0.15, -0.1) is 0 Å². The molecule has 0 radical (unpaired) electrons. The molecule has 1 aromatic carbocycles. The smallest absolute Gasteiger partial charge is 0.411 e. The lowest BCUT2D eigenvalue weighted by Crippen LogP contribution is -2.54. The fraction of sp³-hybridized carbons (Fsp3) is 0.640. The van der Waals surface area contributed by atoms with Crippen LogP contribution in [0.25, 0.3) is 0 Å². The lowest BCUT2D eigenvalue weighted by atomic mass is 9.88. The second-order valence-corrected chi connectivity index (χ2v) is 10.9. The fourth-order valence-corrected chi connectivity index (χ4v) is 3.31. The summed E-state index contributed by atoms with van der Waals surface area (Å²) in [6, 6.07) is 7.45. The zero-order valence-electron chi connectivity index (χ0n) is 20.8. The van der Waals surface area contributed by atoms with Crippen molar-refractivity contribution >= 4 is 18.0 Å². The number of carbonyl (C=O) groups excluding carboxylic acids is 2. The lowest BCUT2D eigenvalue weighted by molar-refractivity contribution is -0.143. The Morgan fingerprint density at radius 2 is 1.59 bits per heavy atom. The molecule has 0 unspecified atom stereocenters. The number of rotatable bonds is 9. The van der Waals surface area contributed by atoms with Gasteiger partial charge in [-0.05, 0) is 50.5 Å². The maximum Gasteiger partial charge on any atom is 0.411 e. The third-order valence-electron chi connectivity index (χ3n) is 4.63. The first-order valence-corrected chi connectivity index (χ1v) is 11.2. The van der Waals surface area contributed by atoms with Gasteiger partial charge in [0.1, 0.15) is 17.7 Å². The molecule has 2 amide bonds. The highest BCUT2D eigenvalue weighted by atomic mass is 16.6. The molecule has 1 aromatic rings. The van der Waals surface area contributed by atoms with E-state index in [0.29, 0.717) is 6.42 Å². The number of hydrogen-bond donors (Lipinski definition) is 2. The van der Waals surface area contributed by atoms with Gasteiger partial charge in [0.05, 0.1) is 0 Å². The van der Waals surface area contributed by atoms with Gasteiger partial charge in [0.15, 0.2) is 0 Å². The van der Waals surface area contributed by atoms with Crippen molar-refractivity contribution in [3.05, 3.63) is 35.9 Å². The van der Waals surface area contributed by atoms with E-state index >= 15 is 0 Å². The number of nitrogens with one attached hydrogen (secondary N) is 1. The van der Waals surface area contributed by atoms with Crippen LogP contribution in [0.5, 0.6) is 0 Å². The van der Waals surface area contributed by atoms with Crippen molar-refractivity contribution in [2.75, 3.05) is 0 Å². The van der Waals surface area contributed by atoms with Gasteiger partial charge in [-0.2, -0.15) is 0 Å². The number of hydrogen-bond acceptors (Lipinski definition) is 4. The summed E-state index contributed by atoms with van der Waals surface area (Å²) >= 11 is 0. The highest BCUT2D eigenvalue weighted by Crippen LogP contribution is 2.23. The van der Waals surface area contributed by atoms with E-state index in [1.54, 1.807) is 20.8 Å². The average molecular weight is 449 g/mol. The number of benzene rings is 1. The Bertz CT molecular complexity index is 763. The van der Waals surface area contributed by atoms with Crippen molar-refractivity contribution in [3.63, 3.8) is 0 Å². The van der Waals surface area contributed by atoms with Crippen LogP contribution in [0.2, 0.25) is 0 Å². The standard InChI is InChI=1S/C25H40N2O5/c1-17(2)14-20(21(28)26-19(22(29)30)15-24(3,4)5)27(23(31)32-25(6,7)8)16-18-12-10-9-11-13-18/h9-13,17,19-20H,14-16H2,1-8H3,(H,26,28)(H,29,30)/t19-,20+/m0/s1. The number of carboxylic acid groups (broad SMARTS) is 1. The molecule has 1 rings (SSSR count). The number of amides is 2. The third kappa shape index (κ3) is 10.2. The highest BCUT2D eigenvalue weighted by molar-refractivity contribution is 5.89. The summed E-state index contributed by atoms with van der Waals surface area (Å²) in [5.74, 6) is -1.49. The summed E-state index contributed by atoms with van der Waals surface area (Å²) < 4.78 is 5.61. The quantitative estimate of drug-likeness (QED) is 0.563. The molecule has 0 aliphatic heterocycles. The summed E-state index contributed by atoms with van der Waals surface area (Å²) in [7, 11) is 0. The first-order chi connectivity index (χ1) is 14.6. The Labute approximate surface area is 192 Å². The summed E-state index contributed by atoms with van der Waals surface area (Å²) in [6.45, 7) is 15.2. The molecular weight excluding hydrogens is 408 g/mol. The zero-order chi connectivity index (χ0) is 24.7. The van der Waals surface area contributed by atoms with Crippen LogP contribution in [-0.4, -0.2) is 45.7 Å². The molecule has 2 atom stereocenters. The molecule has 2 N–H and O–H groups in total. The number of aliphatic carboxylic acids is 1. The van der Waals surface area contributed by atoms with Crippen molar-refractivity contribution in [3.8, 4) is 0 Å². The summed E-state index contributed by atoms with van der Waals surface area (Å²) in [5.41, 5.74) is -0.177. The Kier molecular flexibility index (Phi) is 9.73. The van der Waals surface area contributed by atoms with Gasteiger partial charge < -0.3 is 15.2 Å². The average Bonchev–Trinajstić information content (AvgIpc) is 2.61. The van der Waals surface area contributed by atoms with E-state index in [1.165, 1.54) is 4.90 Å². The first-order valence-electron chi connectivity index (χ1n) is 11.2. The summed E-state index contributed by atoms with van der Waals surface area (Å²) in [5, 5.41) is 12.3. The van der Waals surface area contributed by atoms with Crippen LogP contribution >= 0.6 is 0 Å². The number of nitrogens with zero attached hydrogens (tertiary/aromatic N) is 1. The maximum absolute atomic E-state index is 13.4. The Morgan fingerprint density at radius 1 is 1.03 bits per heavy atom. The minimum absolute atomic E-state index is 0.0948. The van der Waals surface area contributed by atoms with Crippen molar-refractivity contribution in [1.29, 1.82) is 0 Å². The molecule has 0 saturated carbocycles. The normalized spacial score (nSPS) is 13.9. The van der Waals surface area contributed by atoms with Crippen molar-refractivity contribution in [1.82, 2.24) is 10.2 Å². The van der Waals surface area contributed by atoms with Crippen molar-refractivity contribution in [2.24, 2.45) is 11.3 Å². The Hall–Kier alpha value is -2.57. The van der Waals surface area contributed by atoms with Crippen LogP contribution in [0.15, 0.2) is 30.3 Å². The van der Waals surface area contributed by atoms with Gasteiger partial charge in [-0.3, -0.25) is 9.69 Å². The largest absolute Gasteiger partial charge is 0.480 e. The van der Waals surface area contributed by atoms with Crippen LogP contribution in [0.1, 0.15) is 73.8 Å². The first kappa shape index (κ1) is 27.5. The molecule has 0 saturated heterocycles. The molecule has 0 aliphatic rings. The van der Waals surface area contributed by atoms with Gasteiger partial charge in [-0.1, -0.05) is 65.0 Å². The predicted octanol–water partition coefficient (Wildman–Crippen LogP) is 4.84. The van der Waals surface area contributed by atoms with Gasteiger partial charge in [0, 0.05) is 6.54 Å². The monoisotopic (exact) mass is 448 g/mol. The molecule has 0 aromatic heterocycles. The number of carboxylic acids is 1. The van der Waals surface area contributed by atoms with E-state index < -0.39 is 35.7 Å². The van der Waals surface area contributed by atoms with Gasteiger partial charge in [0.25, 0.3) is 0 Å². The summed E-state index contributed by atoms with van der Waals surface area (Å²) in [6.07, 6.45) is 0.0396. The van der Waals surface area contributed by atoms with Crippen molar-refractivity contribution < 1.29 is 24.2 Å². The van der Waals surface area contributed by atoms with Crippen LogP contribution in [0.3, 0.4) is 0 Å². The van der Waals surface area contributed by atoms with E-state index in [-0.39, 0.29) is 24.3 Å². The van der Waals surface area contributed by atoms with Crippen LogP contribution < -0.4 is 5.32 Å². The maximum atomic E-state index is 13.4. The Morgan fingerprint density at radius 3 is 2.03 bits per heavy atom. The van der Waals surface area contributed by atoms with E-state index in [0.717, 1.165) is 5.56 Å². The van der Waals surface area contributed by atoms with Gasteiger partial charge in [0.2, 0.25) is 5.91 Å². The molecule has 7 nitrogen and oxygen atoms in total. The molecule has 0 fully saturated rings. The third-order valence-corrected chi connectivity index (χ3v) is 4.63. The van der Waals surface area contributed by atoms with Crippen molar-refractivity contribution in [2.45, 2.75) is 92.5 Å². The van der Waals surface area contributed by atoms with Crippen LogP contribution in [0, 0.1) is 11.3 Å². The molecule has 180 valence electrons. The minimum Gasteiger partial charge on any atom is -0.480 e. The second kappa shape index (κ2) is 11.3. The van der Waals surface area contributed by atoms with E-state index in [9.17, 15) is 19.5 Å². The lowest BCUT2D eigenvalue weighted by Gasteiger charge is -2.35. The molecular formula is C25H40N2O5. The van der Waals surface area contributed by atoms with E-state index in [1.807, 2.05) is 65.0 Å². The van der Waals surface area contributed by atoms with E-state index in [4.69, 9.17) is 4.74 Å². The van der Waals surface area contributed by atoms with Gasteiger partial charge >= 0.3 is 12.1 Å². The summed E-state index contributed by atoms with van der Waals surface area (Å²) in [4.78, 5) is 39.7. The highest BCUT2D eigenvalue weighted by Gasteiger charge is 2.36. The molecule has 7 heteroatoms. The zero-order valence-corrected chi connectivity index (χ0v) is 20.8. The fourth-order valence-electron chi connectivity index (χ4n) is 3.31. The van der Waals surface area contributed by atoms with E-state index in [2.05, 4.69) is 5.32 Å².